The number of rotatable bonds is 4. The highest BCUT2D eigenvalue weighted by Crippen LogP contribution is 2.74. The number of ether oxygens (including phenoxy) is 1. The van der Waals surface area contributed by atoms with Gasteiger partial charge in [0, 0.05) is 29.1 Å². The van der Waals surface area contributed by atoms with Crippen molar-refractivity contribution < 1.29 is 19.1 Å². The number of hydrogen-bond acceptors (Lipinski definition) is 8. The van der Waals surface area contributed by atoms with Crippen LogP contribution in [0.1, 0.15) is 100 Å². The zero-order valence-electron chi connectivity index (χ0n) is 27.7. The van der Waals surface area contributed by atoms with Crippen LogP contribution in [0.2, 0.25) is 0 Å². The molecule has 0 aromatic rings. The molecule has 0 spiro atoms. The molecular formula is C35H49N5O4. The molecular weight excluding hydrogens is 554 g/mol. The minimum Gasteiger partial charge on any atom is -0.464 e. The minimum atomic E-state index is -0.695. The number of Topliss-reactive ketones (excluding diaryl/α,β-unsaturated/α-hetero) is 1. The van der Waals surface area contributed by atoms with Crippen LogP contribution in [0.15, 0.2) is 38.6 Å². The van der Waals surface area contributed by atoms with Crippen LogP contribution in [0.5, 0.6) is 0 Å². The van der Waals surface area contributed by atoms with Crippen LogP contribution in [0.25, 0.3) is 0 Å². The summed E-state index contributed by atoms with van der Waals surface area (Å²) in [5.74, 6) is 5.92. The van der Waals surface area contributed by atoms with Gasteiger partial charge >= 0.3 is 5.97 Å². The lowest BCUT2D eigenvalue weighted by molar-refractivity contribution is -0.161. The number of fused-ring (bicyclic) bond motifs is 7. The maximum Gasteiger partial charge on any atom is 0.302 e. The highest BCUT2D eigenvalue weighted by molar-refractivity contribution is 6.04. The number of nitrogens with zero attached hydrogens (tertiary/aromatic N) is 4. The molecule has 3 fully saturated rings. The predicted octanol–water partition coefficient (Wildman–Crippen LogP) is 6.49. The molecule has 7 atom stereocenters. The Labute approximate surface area is 261 Å². The van der Waals surface area contributed by atoms with Crippen molar-refractivity contribution in [2.75, 3.05) is 13.2 Å². The fourth-order valence-corrected chi connectivity index (χ4v) is 10.6. The summed E-state index contributed by atoms with van der Waals surface area (Å²) >= 11 is 0. The molecule has 5 aliphatic carbocycles. The van der Waals surface area contributed by atoms with Crippen molar-refractivity contribution in [3.8, 4) is 6.07 Å². The SMILES string of the molecule is CC(=O)OCCN=NC(=NN)[C@]12CCC(C)(C)CC1[C@H]1C(=O)C=C3[C@@]4(C)C=C(C#N)C(=O)C(C)(C)C4CC[C@@]3(C)[C@]1(C)CC2. The molecule has 2 unspecified atom stereocenters. The Morgan fingerprint density at radius 3 is 2.39 bits per heavy atom. The summed E-state index contributed by atoms with van der Waals surface area (Å²) in [7, 11) is 0. The van der Waals surface area contributed by atoms with Crippen LogP contribution in [-0.2, 0) is 19.1 Å². The van der Waals surface area contributed by atoms with Crippen molar-refractivity contribution in [1.82, 2.24) is 0 Å². The average molecular weight is 604 g/mol. The first-order valence-corrected chi connectivity index (χ1v) is 16.2. The monoisotopic (exact) mass is 603 g/mol. The standard InChI is InChI=1S/C35H49N5O4/c1-21(41)44-16-15-38-40-29(39-37)35-13-11-30(2,3)19-23(35)27-24(42)17-26-32(6)18-22(20-36)28(43)31(4,5)25(32)9-10-33(26,7)34(27,8)12-14-35/h17-18,23,25,27H,9-16,19,37H2,1-8H3/t23?,25?,27-,32-,33+,34+,35-/m0/s1. The number of amidine groups is 1. The normalized spacial score (nSPS) is 40.9. The summed E-state index contributed by atoms with van der Waals surface area (Å²) in [4.78, 5) is 39.2. The van der Waals surface area contributed by atoms with E-state index in [1.165, 1.54) is 6.92 Å². The van der Waals surface area contributed by atoms with Crippen molar-refractivity contribution in [3.05, 3.63) is 23.3 Å². The van der Waals surface area contributed by atoms with Gasteiger partial charge in [-0.2, -0.15) is 15.5 Å². The molecule has 5 aliphatic rings. The van der Waals surface area contributed by atoms with Gasteiger partial charge < -0.3 is 10.6 Å². The number of azo groups is 1. The number of carbonyl (C=O) groups excluding carboxylic acids is 3. The molecule has 5 rings (SSSR count). The van der Waals surface area contributed by atoms with Crippen LogP contribution in [0.4, 0.5) is 0 Å². The summed E-state index contributed by atoms with van der Waals surface area (Å²) < 4.78 is 5.02. The second-order valence-electron chi connectivity index (χ2n) is 16.2. The molecule has 0 aromatic carbocycles. The van der Waals surface area contributed by atoms with Crippen LogP contribution >= 0.6 is 0 Å². The van der Waals surface area contributed by atoms with E-state index in [-0.39, 0.29) is 70.3 Å². The number of hydrogen-bond donors (Lipinski definition) is 1. The maximum atomic E-state index is 14.7. The van der Waals surface area contributed by atoms with Crippen LogP contribution < -0.4 is 5.84 Å². The molecule has 3 saturated carbocycles. The van der Waals surface area contributed by atoms with Gasteiger partial charge in [0.1, 0.15) is 12.7 Å². The Morgan fingerprint density at radius 2 is 1.75 bits per heavy atom. The summed E-state index contributed by atoms with van der Waals surface area (Å²) in [5, 5.41) is 23.0. The molecule has 238 valence electrons. The predicted molar refractivity (Wildman–Crippen MR) is 167 cm³/mol. The number of esters is 1. The van der Waals surface area contributed by atoms with E-state index in [0.717, 1.165) is 50.5 Å². The molecule has 44 heavy (non-hydrogen) atoms. The highest BCUT2D eigenvalue weighted by Gasteiger charge is 2.70. The molecule has 0 amide bonds. The summed E-state index contributed by atoms with van der Waals surface area (Å²) in [6.07, 6.45) is 9.75. The zero-order valence-corrected chi connectivity index (χ0v) is 27.7. The Bertz CT molecular complexity index is 1450. The number of nitriles is 1. The van der Waals surface area contributed by atoms with Gasteiger partial charge in [0.25, 0.3) is 0 Å². The van der Waals surface area contributed by atoms with Crippen LogP contribution in [0.3, 0.4) is 0 Å². The molecule has 0 radical (unpaired) electrons. The fourth-order valence-electron chi connectivity index (χ4n) is 10.6. The first-order valence-electron chi connectivity index (χ1n) is 16.2. The fraction of sp³-hybridized carbons (Fsp3) is 0.743. The van der Waals surface area contributed by atoms with E-state index < -0.39 is 16.2 Å². The van der Waals surface area contributed by atoms with Crippen molar-refractivity contribution in [3.63, 3.8) is 0 Å². The highest BCUT2D eigenvalue weighted by atomic mass is 16.5. The molecule has 0 bridgehead atoms. The Kier molecular flexibility index (Phi) is 7.66. The molecule has 0 saturated heterocycles. The van der Waals surface area contributed by atoms with E-state index in [0.29, 0.717) is 5.84 Å². The van der Waals surface area contributed by atoms with E-state index >= 15 is 0 Å². The van der Waals surface area contributed by atoms with E-state index in [9.17, 15) is 19.6 Å². The van der Waals surface area contributed by atoms with Crippen molar-refractivity contribution >= 4 is 23.4 Å². The largest absolute Gasteiger partial charge is 0.464 e. The van der Waals surface area contributed by atoms with Crippen LogP contribution in [-0.4, -0.2) is 36.5 Å². The van der Waals surface area contributed by atoms with Gasteiger partial charge in [-0.15, -0.1) is 5.11 Å². The second-order valence-corrected chi connectivity index (χ2v) is 16.2. The third kappa shape index (κ3) is 4.45. The summed E-state index contributed by atoms with van der Waals surface area (Å²) in [6, 6.07) is 2.18. The van der Waals surface area contributed by atoms with Gasteiger partial charge in [-0.05, 0) is 79.1 Å². The lowest BCUT2D eigenvalue weighted by atomic mass is 9.34. The Hall–Kier alpha value is -3.15. The number of carbonyl (C=O) groups is 3. The minimum absolute atomic E-state index is 0.00606. The van der Waals surface area contributed by atoms with E-state index in [2.05, 4.69) is 56.0 Å². The number of hydrazone groups is 1. The zero-order chi connectivity index (χ0) is 32.5. The molecule has 9 nitrogen and oxygen atoms in total. The van der Waals surface area contributed by atoms with Gasteiger partial charge in [-0.25, -0.2) is 0 Å². The third-order valence-corrected chi connectivity index (χ3v) is 13.1. The Morgan fingerprint density at radius 1 is 1.07 bits per heavy atom. The third-order valence-electron chi connectivity index (χ3n) is 13.1. The smallest absolute Gasteiger partial charge is 0.302 e. The van der Waals surface area contributed by atoms with Crippen molar-refractivity contribution in [2.45, 2.75) is 100 Å². The number of ketones is 2. The van der Waals surface area contributed by atoms with E-state index in [1.807, 2.05) is 26.0 Å². The van der Waals surface area contributed by atoms with Gasteiger partial charge in [-0.3, -0.25) is 14.4 Å². The van der Waals surface area contributed by atoms with Gasteiger partial charge in [0.15, 0.2) is 17.4 Å². The molecule has 0 heterocycles. The Balaban J connectivity index is 1.61. The number of nitrogens with two attached hydrogens (primary N) is 1. The topological polar surface area (TPSA) is 147 Å². The lowest BCUT2D eigenvalue weighted by Gasteiger charge is -2.69. The average Bonchev–Trinajstić information content (AvgIpc) is 2.94. The van der Waals surface area contributed by atoms with Crippen molar-refractivity contribution in [2.24, 2.45) is 71.4 Å². The number of allylic oxidation sites excluding steroid dienone is 4. The molecule has 2 N–H and O–H groups in total. The van der Waals surface area contributed by atoms with Crippen LogP contribution in [0, 0.1) is 61.6 Å². The molecule has 9 heteroatoms. The summed E-state index contributed by atoms with van der Waals surface area (Å²) in [6.45, 7) is 17.0. The van der Waals surface area contributed by atoms with E-state index in [4.69, 9.17) is 10.6 Å². The molecule has 0 aliphatic heterocycles. The van der Waals surface area contributed by atoms with Gasteiger partial charge in [-0.1, -0.05) is 60.1 Å². The van der Waals surface area contributed by atoms with Crippen molar-refractivity contribution in [1.29, 1.82) is 5.26 Å². The summed E-state index contributed by atoms with van der Waals surface area (Å²) in [5.41, 5.74) is -1.07. The molecule has 0 aromatic heterocycles. The second kappa shape index (κ2) is 10.5. The maximum absolute atomic E-state index is 14.7. The van der Waals surface area contributed by atoms with Gasteiger partial charge in [0.2, 0.25) is 0 Å². The van der Waals surface area contributed by atoms with Gasteiger partial charge in [0.05, 0.1) is 12.1 Å². The first kappa shape index (κ1) is 32.2. The van der Waals surface area contributed by atoms with E-state index in [1.54, 1.807) is 0 Å². The quantitative estimate of drug-likeness (QED) is 0.0738. The first-order chi connectivity index (χ1) is 20.4. The lowest BCUT2D eigenvalue weighted by Crippen LogP contribution is -2.65.